The fourth-order valence-corrected chi connectivity index (χ4v) is 1.45. The van der Waals surface area contributed by atoms with Gasteiger partial charge in [-0.25, -0.2) is 4.79 Å². The second kappa shape index (κ2) is 11.0. The highest BCUT2D eigenvalue weighted by Gasteiger charge is 1.95. The normalized spacial score (nSPS) is 10.7. The lowest BCUT2D eigenvalue weighted by Gasteiger charge is -2.01. The van der Waals surface area contributed by atoms with Gasteiger partial charge in [0.25, 0.3) is 0 Å². The molecule has 0 fully saturated rings. The third-order valence-electron chi connectivity index (χ3n) is 1.94. The predicted octanol–water partition coefficient (Wildman–Crippen LogP) is 3.84. The van der Waals surface area contributed by atoms with Crippen molar-refractivity contribution in [2.45, 2.75) is 45.4 Å². The molecule has 0 saturated heterocycles. The molecule has 0 aliphatic carbocycles. The summed E-state index contributed by atoms with van der Waals surface area (Å²) in [6.07, 6.45) is 8.75. The molecule has 0 bridgehead atoms. The average Bonchev–Trinajstić information content (AvgIpc) is 2.17. The molecule has 0 unspecified atom stereocenters. The molecule has 0 radical (unpaired) electrons. The summed E-state index contributed by atoms with van der Waals surface area (Å²) in [6.45, 7) is 2.77. The van der Waals surface area contributed by atoms with Crippen molar-refractivity contribution in [1.82, 2.24) is 0 Å². The maximum atomic E-state index is 10.9. The molecule has 3 heteroatoms. The van der Waals surface area contributed by atoms with Crippen LogP contribution in [0.25, 0.3) is 0 Å². The van der Waals surface area contributed by atoms with Crippen LogP contribution in [0, 0.1) is 0 Å². The molecule has 0 heterocycles. The number of carbonyl (C=O) groups excluding carboxylic acids is 1. The van der Waals surface area contributed by atoms with E-state index in [9.17, 15) is 4.79 Å². The Labute approximate surface area is 100 Å². The molecule has 0 aromatic heterocycles. The van der Waals surface area contributed by atoms with Crippen LogP contribution in [-0.2, 0) is 9.53 Å². The van der Waals surface area contributed by atoms with E-state index in [1.165, 1.54) is 38.2 Å². The number of unbranched alkanes of at least 4 members (excludes halogenated alkanes) is 5. The minimum atomic E-state index is -0.229. The summed E-state index contributed by atoms with van der Waals surface area (Å²) in [6, 6.07) is 0. The number of ether oxygens (including phenoxy) is 1. The van der Waals surface area contributed by atoms with Crippen LogP contribution in [0.1, 0.15) is 45.4 Å². The quantitative estimate of drug-likeness (QED) is 0.295. The van der Waals surface area contributed by atoms with Crippen LogP contribution in [0.15, 0.2) is 10.2 Å². The molecular formula is C11H19IO2. The van der Waals surface area contributed by atoms with Crippen molar-refractivity contribution >= 4 is 28.6 Å². The van der Waals surface area contributed by atoms with Crippen LogP contribution in [0.5, 0.6) is 0 Å². The van der Waals surface area contributed by atoms with E-state index in [1.54, 1.807) is 4.08 Å². The highest BCUT2D eigenvalue weighted by Crippen LogP contribution is 2.04. The summed E-state index contributed by atoms with van der Waals surface area (Å²) >= 11 is 2.00. The van der Waals surface area contributed by atoms with E-state index >= 15 is 0 Å². The van der Waals surface area contributed by atoms with Crippen LogP contribution in [-0.4, -0.2) is 12.6 Å². The number of hydrogen-bond donors (Lipinski definition) is 0. The van der Waals surface area contributed by atoms with Gasteiger partial charge in [-0.2, -0.15) is 0 Å². The summed E-state index contributed by atoms with van der Waals surface area (Å²) in [5.74, 6) is -0.229. The molecular weight excluding hydrogens is 291 g/mol. The highest BCUT2D eigenvalue weighted by molar-refractivity contribution is 14.1. The highest BCUT2D eigenvalue weighted by atomic mass is 127. The SMILES string of the molecule is CCCCCCCCOC(=O)/C=C\I. The van der Waals surface area contributed by atoms with E-state index in [0.717, 1.165) is 6.42 Å². The Hall–Kier alpha value is -0.0600. The molecule has 0 aliphatic heterocycles. The monoisotopic (exact) mass is 310 g/mol. The topological polar surface area (TPSA) is 26.3 Å². The zero-order chi connectivity index (χ0) is 10.6. The lowest BCUT2D eigenvalue weighted by atomic mass is 10.1. The Morgan fingerprint density at radius 1 is 1.21 bits per heavy atom. The molecule has 0 saturated carbocycles. The minimum Gasteiger partial charge on any atom is -0.463 e. The minimum absolute atomic E-state index is 0.229. The molecule has 0 aromatic carbocycles. The van der Waals surface area contributed by atoms with E-state index in [1.807, 2.05) is 22.6 Å². The van der Waals surface area contributed by atoms with E-state index in [2.05, 4.69) is 6.92 Å². The molecule has 0 spiro atoms. The first-order valence-electron chi connectivity index (χ1n) is 5.24. The van der Waals surface area contributed by atoms with Crippen LogP contribution in [0.4, 0.5) is 0 Å². The molecule has 0 aromatic rings. The molecule has 82 valence electrons. The number of carbonyl (C=O) groups is 1. The zero-order valence-corrected chi connectivity index (χ0v) is 11.0. The van der Waals surface area contributed by atoms with Gasteiger partial charge in [0.15, 0.2) is 0 Å². The van der Waals surface area contributed by atoms with Crippen molar-refractivity contribution in [3.63, 3.8) is 0 Å². The van der Waals surface area contributed by atoms with Gasteiger partial charge in [0, 0.05) is 6.08 Å². The maximum absolute atomic E-state index is 10.9. The van der Waals surface area contributed by atoms with E-state index < -0.39 is 0 Å². The van der Waals surface area contributed by atoms with Gasteiger partial charge in [-0.05, 0) is 10.5 Å². The molecule has 0 aliphatic rings. The third-order valence-corrected chi connectivity index (χ3v) is 2.30. The Balaban J connectivity index is 3.09. The second-order valence-electron chi connectivity index (χ2n) is 3.23. The first-order valence-corrected chi connectivity index (χ1v) is 6.49. The Bertz CT molecular complexity index is 167. The maximum Gasteiger partial charge on any atom is 0.331 e. The Morgan fingerprint density at radius 3 is 2.50 bits per heavy atom. The predicted molar refractivity (Wildman–Crippen MR) is 67.5 cm³/mol. The van der Waals surface area contributed by atoms with Crippen molar-refractivity contribution in [1.29, 1.82) is 0 Å². The van der Waals surface area contributed by atoms with Crippen molar-refractivity contribution in [2.24, 2.45) is 0 Å². The van der Waals surface area contributed by atoms with Gasteiger partial charge < -0.3 is 4.74 Å². The Morgan fingerprint density at radius 2 is 1.86 bits per heavy atom. The smallest absolute Gasteiger partial charge is 0.331 e. The summed E-state index contributed by atoms with van der Waals surface area (Å²) in [4.78, 5) is 10.9. The van der Waals surface area contributed by atoms with Crippen molar-refractivity contribution in [3.05, 3.63) is 10.2 Å². The zero-order valence-electron chi connectivity index (χ0n) is 8.80. The number of rotatable bonds is 8. The summed E-state index contributed by atoms with van der Waals surface area (Å²) in [5, 5.41) is 0. The van der Waals surface area contributed by atoms with E-state index in [0.29, 0.717) is 6.61 Å². The van der Waals surface area contributed by atoms with Gasteiger partial charge in [0.2, 0.25) is 0 Å². The fourth-order valence-electron chi connectivity index (χ4n) is 1.15. The van der Waals surface area contributed by atoms with Gasteiger partial charge in [-0.1, -0.05) is 61.6 Å². The molecule has 0 amide bonds. The summed E-state index contributed by atoms with van der Waals surface area (Å²) in [5.41, 5.74) is 0. The lowest BCUT2D eigenvalue weighted by molar-refractivity contribution is -0.137. The first-order chi connectivity index (χ1) is 6.81. The lowest BCUT2D eigenvalue weighted by Crippen LogP contribution is -2.01. The van der Waals surface area contributed by atoms with E-state index in [4.69, 9.17) is 4.74 Å². The Kier molecular flexibility index (Phi) is 11.0. The molecule has 2 nitrogen and oxygen atoms in total. The van der Waals surface area contributed by atoms with Crippen LogP contribution >= 0.6 is 22.6 Å². The summed E-state index contributed by atoms with van der Waals surface area (Å²) < 4.78 is 6.63. The standard InChI is InChI=1S/C11H19IO2/c1-2-3-4-5-6-7-10-14-11(13)8-9-12/h8-9H,2-7,10H2,1H3/b9-8-. The number of halogens is 1. The fraction of sp³-hybridized carbons (Fsp3) is 0.727. The summed E-state index contributed by atoms with van der Waals surface area (Å²) in [7, 11) is 0. The number of esters is 1. The van der Waals surface area contributed by atoms with Crippen LogP contribution in [0.3, 0.4) is 0 Å². The van der Waals surface area contributed by atoms with Gasteiger partial charge in [0.1, 0.15) is 0 Å². The van der Waals surface area contributed by atoms with Crippen molar-refractivity contribution in [3.8, 4) is 0 Å². The van der Waals surface area contributed by atoms with Gasteiger partial charge >= 0.3 is 5.97 Å². The second-order valence-corrected chi connectivity index (χ2v) is 3.95. The first kappa shape index (κ1) is 13.9. The van der Waals surface area contributed by atoms with Gasteiger partial charge in [-0.15, -0.1) is 0 Å². The number of hydrogen-bond acceptors (Lipinski definition) is 2. The molecule has 14 heavy (non-hydrogen) atoms. The van der Waals surface area contributed by atoms with Gasteiger partial charge in [-0.3, -0.25) is 0 Å². The molecule has 0 atom stereocenters. The third kappa shape index (κ3) is 10.0. The van der Waals surface area contributed by atoms with Crippen LogP contribution < -0.4 is 0 Å². The van der Waals surface area contributed by atoms with E-state index in [-0.39, 0.29) is 5.97 Å². The van der Waals surface area contributed by atoms with Gasteiger partial charge in [0.05, 0.1) is 6.61 Å². The molecule has 0 N–H and O–H groups in total. The van der Waals surface area contributed by atoms with Crippen molar-refractivity contribution < 1.29 is 9.53 Å². The average molecular weight is 310 g/mol. The van der Waals surface area contributed by atoms with Crippen molar-refractivity contribution in [2.75, 3.05) is 6.61 Å². The molecule has 0 rings (SSSR count). The van der Waals surface area contributed by atoms with Crippen LogP contribution in [0.2, 0.25) is 0 Å². The largest absolute Gasteiger partial charge is 0.463 e.